The summed E-state index contributed by atoms with van der Waals surface area (Å²) in [6.07, 6.45) is 2.95. The van der Waals surface area contributed by atoms with Crippen molar-refractivity contribution in [3.8, 4) is 0 Å². The molecule has 0 radical (unpaired) electrons. The van der Waals surface area contributed by atoms with E-state index in [0.29, 0.717) is 12.3 Å². The van der Waals surface area contributed by atoms with Gasteiger partial charge in [-0.05, 0) is 56.3 Å². The lowest BCUT2D eigenvalue weighted by atomic mass is 9.92. The summed E-state index contributed by atoms with van der Waals surface area (Å²) >= 11 is 0. The van der Waals surface area contributed by atoms with Gasteiger partial charge < -0.3 is 10.6 Å². The Morgan fingerprint density at radius 2 is 2.15 bits per heavy atom. The predicted octanol–water partition coefficient (Wildman–Crippen LogP) is 2.26. The Bertz CT molecular complexity index is 446. The van der Waals surface area contributed by atoms with Crippen LogP contribution in [-0.2, 0) is 11.2 Å². The van der Waals surface area contributed by atoms with Crippen molar-refractivity contribution in [2.75, 3.05) is 6.54 Å². The summed E-state index contributed by atoms with van der Waals surface area (Å²) in [7, 11) is 0. The molecule has 110 valence electrons. The van der Waals surface area contributed by atoms with Crippen LogP contribution < -0.4 is 10.6 Å². The molecule has 1 aromatic rings. The first-order chi connectivity index (χ1) is 9.56. The van der Waals surface area contributed by atoms with Gasteiger partial charge in [0.15, 0.2) is 0 Å². The highest BCUT2D eigenvalue weighted by Crippen LogP contribution is 2.16. The van der Waals surface area contributed by atoms with Crippen LogP contribution in [0.4, 0.5) is 4.39 Å². The van der Waals surface area contributed by atoms with Gasteiger partial charge in [0.05, 0.1) is 6.04 Å². The van der Waals surface area contributed by atoms with E-state index >= 15 is 0 Å². The molecule has 1 amide bonds. The molecule has 3 nitrogen and oxygen atoms in total. The van der Waals surface area contributed by atoms with Gasteiger partial charge in [-0.1, -0.05) is 19.1 Å². The monoisotopic (exact) mass is 278 g/mol. The van der Waals surface area contributed by atoms with Gasteiger partial charge in [0.25, 0.3) is 0 Å². The fourth-order valence-electron chi connectivity index (χ4n) is 2.76. The zero-order chi connectivity index (χ0) is 14.5. The number of hydrogen-bond acceptors (Lipinski definition) is 2. The molecule has 1 saturated heterocycles. The van der Waals surface area contributed by atoms with Crippen LogP contribution >= 0.6 is 0 Å². The minimum absolute atomic E-state index is 0.0453. The number of nitrogens with one attached hydrogen (secondary N) is 2. The van der Waals surface area contributed by atoms with E-state index in [9.17, 15) is 9.18 Å². The number of benzene rings is 1. The molecule has 2 N–H and O–H groups in total. The van der Waals surface area contributed by atoms with E-state index in [4.69, 9.17) is 0 Å². The third-order valence-electron chi connectivity index (χ3n) is 3.90. The van der Waals surface area contributed by atoms with E-state index in [1.165, 1.54) is 12.1 Å². The number of carbonyl (C=O) groups is 1. The van der Waals surface area contributed by atoms with Crippen LogP contribution in [0.5, 0.6) is 0 Å². The second-order valence-electron chi connectivity index (χ2n) is 5.79. The summed E-state index contributed by atoms with van der Waals surface area (Å²) in [4.78, 5) is 12.2. The number of rotatable bonds is 4. The van der Waals surface area contributed by atoms with Crippen molar-refractivity contribution in [2.24, 2.45) is 5.92 Å². The predicted molar refractivity (Wildman–Crippen MR) is 77.9 cm³/mol. The topological polar surface area (TPSA) is 41.1 Å². The Kier molecular flexibility index (Phi) is 5.12. The van der Waals surface area contributed by atoms with E-state index in [0.717, 1.165) is 24.9 Å². The second-order valence-corrected chi connectivity index (χ2v) is 5.79. The standard InChI is InChI=1S/C16H23FN2O/c1-11-4-3-9-18-15(11)16(20)19-12(2)10-13-5-7-14(17)8-6-13/h5-8,11-12,15,18H,3-4,9-10H2,1-2H3,(H,19,20). The van der Waals surface area contributed by atoms with Crippen LogP contribution in [0, 0.1) is 11.7 Å². The molecule has 0 aliphatic carbocycles. The zero-order valence-electron chi connectivity index (χ0n) is 12.2. The van der Waals surface area contributed by atoms with Crippen LogP contribution in [0.15, 0.2) is 24.3 Å². The molecule has 0 saturated carbocycles. The van der Waals surface area contributed by atoms with Gasteiger partial charge in [-0.15, -0.1) is 0 Å². The fraction of sp³-hybridized carbons (Fsp3) is 0.562. The van der Waals surface area contributed by atoms with Crippen LogP contribution in [0.25, 0.3) is 0 Å². The SMILES string of the molecule is CC(Cc1ccc(F)cc1)NC(=O)C1NCCCC1C. The van der Waals surface area contributed by atoms with Crippen molar-refractivity contribution in [3.63, 3.8) is 0 Å². The molecular weight excluding hydrogens is 255 g/mol. The van der Waals surface area contributed by atoms with Gasteiger partial charge in [-0.3, -0.25) is 4.79 Å². The van der Waals surface area contributed by atoms with E-state index in [1.54, 1.807) is 12.1 Å². The normalized spacial score (nSPS) is 24.1. The van der Waals surface area contributed by atoms with Crippen molar-refractivity contribution in [1.29, 1.82) is 0 Å². The molecule has 4 heteroatoms. The number of hydrogen-bond donors (Lipinski definition) is 2. The average molecular weight is 278 g/mol. The minimum Gasteiger partial charge on any atom is -0.352 e. The van der Waals surface area contributed by atoms with Gasteiger partial charge in [0.1, 0.15) is 5.82 Å². The lowest BCUT2D eigenvalue weighted by Crippen LogP contribution is -2.52. The summed E-state index contributed by atoms with van der Waals surface area (Å²) < 4.78 is 12.8. The maximum Gasteiger partial charge on any atom is 0.237 e. The highest BCUT2D eigenvalue weighted by molar-refractivity contribution is 5.82. The van der Waals surface area contributed by atoms with Gasteiger partial charge >= 0.3 is 0 Å². The van der Waals surface area contributed by atoms with Crippen LogP contribution in [0.2, 0.25) is 0 Å². The third-order valence-corrected chi connectivity index (χ3v) is 3.90. The minimum atomic E-state index is -0.231. The first-order valence-corrected chi connectivity index (χ1v) is 7.34. The number of piperidine rings is 1. The van der Waals surface area contributed by atoms with E-state index in [-0.39, 0.29) is 23.8 Å². The van der Waals surface area contributed by atoms with Gasteiger partial charge in [-0.2, -0.15) is 0 Å². The number of amides is 1. The van der Waals surface area contributed by atoms with Crippen LogP contribution in [-0.4, -0.2) is 24.5 Å². The maximum absolute atomic E-state index is 12.8. The van der Waals surface area contributed by atoms with Gasteiger partial charge in [0.2, 0.25) is 5.91 Å². The maximum atomic E-state index is 12.8. The molecule has 3 unspecified atom stereocenters. The molecule has 0 bridgehead atoms. The Hall–Kier alpha value is -1.42. The summed E-state index contributed by atoms with van der Waals surface area (Å²) in [6.45, 7) is 5.00. The smallest absolute Gasteiger partial charge is 0.237 e. The van der Waals surface area contributed by atoms with Gasteiger partial charge in [-0.25, -0.2) is 4.39 Å². The van der Waals surface area contributed by atoms with E-state index in [1.807, 2.05) is 6.92 Å². The van der Waals surface area contributed by atoms with Crippen molar-refractivity contribution >= 4 is 5.91 Å². The number of halogens is 1. The lowest BCUT2D eigenvalue weighted by Gasteiger charge is -2.30. The molecule has 1 aromatic carbocycles. The molecule has 1 fully saturated rings. The average Bonchev–Trinajstić information content (AvgIpc) is 2.41. The molecule has 1 aliphatic rings. The van der Waals surface area contributed by atoms with Crippen LogP contribution in [0.1, 0.15) is 32.3 Å². The zero-order valence-corrected chi connectivity index (χ0v) is 12.2. The summed E-state index contributed by atoms with van der Waals surface area (Å²) in [5, 5.41) is 6.33. The Morgan fingerprint density at radius 3 is 2.80 bits per heavy atom. The van der Waals surface area contributed by atoms with Crippen molar-refractivity contribution in [3.05, 3.63) is 35.6 Å². The molecule has 0 aromatic heterocycles. The molecule has 2 rings (SSSR count). The molecular formula is C16H23FN2O. The molecule has 1 heterocycles. The Labute approximate surface area is 120 Å². The number of carbonyl (C=O) groups excluding carboxylic acids is 1. The molecule has 3 atom stereocenters. The first-order valence-electron chi connectivity index (χ1n) is 7.34. The van der Waals surface area contributed by atoms with Crippen molar-refractivity contribution in [2.45, 2.75) is 45.2 Å². The molecule has 20 heavy (non-hydrogen) atoms. The summed E-state index contributed by atoms with van der Waals surface area (Å²) in [5.41, 5.74) is 1.03. The fourth-order valence-corrected chi connectivity index (χ4v) is 2.76. The highest BCUT2D eigenvalue weighted by Gasteiger charge is 2.27. The van der Waals surface area contributed by atoms with E-state index in [2.05, 4.69) is 17.6 Å². The summed E-state index contributed by atoms with van der Waals surface area (Å²) in [5.74, 6) is 0.222. The van der Waals surface area contributed by atoms with Crippen molar-refractivity contribution < 1.29 is 9.18 Å². The van der Waals surface area contributed by atoms with Crippen molar-refractivity contribution in [1.82, 2.24) is 10.6 Å². The largest absolute Gasteiger partial charge is 0.352 e. The third kappa shape index (κ3) is 4.04. The van der Waals surface area contributed by atoms with Crippen LogP contribution in [0.3, 0.4) is 0 Å². The van der Waals surface area contributed by atoms with Gasteiger partial charge in [0, 0.05) is 6.04 Å². The highest BCUT2D eigenvalue weighted by atomic mass is 19.1. The Balaban J connectivity index is 1.85. The summed E-state index contributed by atoms with van der Waals surface area (Å²) in [6, 6.07) is 6.39. The van der Waals surface area contributed by atoms with E-state index < -0.39 is 0 Å². The lowest BCUT2D eigenvalue weighted by molar-refractivity contribution is -0.125. The molecule has 1 aliphatic heterocycles. The molecule has 0 spiro atoms. The Morgan fingerprint density at radius 1 is 1.45 bits per heavy atom. The quantitative estimate of drug-likeness (QED) is 0.887. The first kappa shape index (κ1) is 15.0. The second kappa shape index (κ2) is 6.84.